The summed E-state index contributed by atoms with van der Waals surface area (Å²) >= 11 is 0. The maximum atomic E-state index is 12.5. The molecule has 2 heterocycles. The van der Waals surface area contributed by atoms with E-state index in [0.29, 0.717) is 13.0 Å². The normalized spacial score (nSPS) is 21.1. The first-order valence-electron chi connectivity index (χ1n) is 8.54. The third-order valence-electron chi connectivity index (χ3n) is 4.79. The molecule has 0 spiro atoms. The summed E-state index contributed by atoms with van der Waals surface area (Å²) in [5, 5.41) is 3.02. The molecule has 0 aliphatic carbocycles. The Morgan fingerprint density at radius 2 is 1.91 bits per heavy atom. The topological polar surface area (TPSA) is 52.7 Å². The lowest BCUT2D eigenvalue weighted by Crippen LogP contribution is -2.49. The maximum Gasteiger partial charge on any atom is 0.243 e. The van der Waals surface area contributed by atoms with E-state index in [4.69, 9.17) is 0 Å². The van der Waals surface area contributed by atoms with Crippen molar-refractivity contribution in [3.63, 3.8) is 0 Å². The molecule has 2 amide bonds. The van der Waals surface area contributed by atoms with Gasteiger partial charge in [-0.1, -0.05) is 24.6 Å². The van der Waals surface area contributed by atoms with Gasteiger partial charge in [0.15, 0.2) is 0 Å². The Bertz CT molecular complexity index is 581. The number of fused-ring (bicyclic) bond motifs is 1. The van der Waals surface area contributed by atoms with Crippen LogP contribution in [0.2, 0.25) is 0 Å². The molecule has 1 N–H and O–H groups in total. The predicted molar refractivity (Wildman–Crippen MR) is 90.4 cm³/mol. The van der Waals surface area contributed by atoms with Gasteiger partial charge in [-0.05, 0) is 37.6 Å². The van der Waals surface area contributed by atoms with E-state index in [1.807, 2.05) is 24.3 Å². The number of rotatable bonds is 4. The summed E-state index contributed by atoms with van der Waals surface area (Å²) in [4.78, 5) is 28.6. The molecule has 124 valence electrons. The van der Waals surface area contributed by atoms with E-state index in [0.717, 1.165) is 30.9 Å². The van der Waals surface area contributed by atoms with E-state index in [9.17, 15) is 9.59 Å². The second-order valence-corrected chi connectivity index (χ2v) is 6.43. The minimum atomic E-state index is -0.411. The molecule has 3 rings (SSSR count). The molecule has 1 unspecified atom stereocenters. The molecule has 1 fully saturated rings. The van der Waals surface area contributed by atoms with E-state index in [1.165, 1.54) is 26.2 Å². The van der Waals surface area contributed by atoms with Crippen molar-refractivity contribution in [2.75, 3.05) is 31.1 Å². The lowest BCUT2D eigenvalue weighted by molar-refractivity contribution is -0.125. The molecule has 0 aromatic heterocycles. The number of nitrogens with one attached hydrogen (secondary N) is 1. The van der Waals surface area contributed by atoms with Crippen LogP contribution in [0, 0.1) is 0 Å². The first-order chi connectivity index (χ1) is 11.2. The van der Waals surface area contributed by atoms with Gasteiger partial charge in [-0.25, -0.2) is 0 Å². The van der Waals surface area contributed by atoms with Crippen LogP contribution in [0.1, 0.15) is 31.7 Å². The summed E-state index contributed by atoms with van der Waals surface area (Å²) in [5.74, 6) is -0.125. The van der Waals surface area contributed by atoms with Crippen molar-refractivity contribution in [3.8, 4) is 0 Å². The smallest absolute Gasteiger partial charge is 0.243 e. The Kier molecular flexibility index (Phi) is 4.96. The SMILES string of the molecule is CC(=O)N1c2ccccc2CC1C(=O)NCCN1CCCCC1. The largest absolute Gasteiger partial charge is 0.353 e. The zero-order valence-corrected chi connectivity index (χ0v) is 13.8. The number of para-hydroxylation sites is 1. The number of anilines is 1. The Labute approximate surface area is 137 Å². The fourth-order valence-corrected chi connectivity index (χ4v) is 3.62. The molecule has 2 aliphatic rings. The molecular formula is C18H25N3O2. The molecule has 23 heavy (non-hydrogen) atoms. The summed E-state index contributed by atoms with van der Waals surface area (Å²) in [6.07, 6.45) is 4.43. The predicted octanol–water partition coefficient (Wildman–Crippen LogP) is 1.57. The Balaban J connectivity index is 1.57. The third-order valence-corrected chi connectivity index (χ3v) is 4.79. The molecular weight excluding hydrogens is 290 g/mol. The van der Waals surface area contributed by atoms with Gasteiger partial charge in [0, 0.05) is 32.1 Å². The summed E-state index contributed by atoms with van der Waals surface area (Å²) in [6, 6.07) is 7.36. The summed E-state index contributed by atoms with van der Waals surface area (Å²) < 4.78 is 0. The minimum absolute atomic E-state index is 0.0478. The molecule has 0 bridgehead atoms. The van der Waals surface area contributed by atoms with Crippen molar-refractivity contribution in [3.05, 3.63) is 29.8 Å². The van der Waals surface area contributed by atoms with Gasteiger partial charge < -0.3 is 10.2 Å². The van der Waals surface area contributed by atoms with E-state index < -0.39 is 6.04 Å². The number of piperidine rings is 1. The van der Waals surface area contributed by atoms with Crippen molar-refractivity contribution in [2.24, 2.45) is 0 Å². The highest BCUT2D eigenvalue weighted by molar-refractivity contribution is 6.02. The van der Waals surface area contributed by atoms with Crippen LogP contribution in [0.25, 0.3) is 0 Å². The van der Waals surface area contributed by atoms with Crippen molar-refractivity contribution < 1.29 is 9.59 Å². The summed E-state index contributed by atoms with van der Waals surface area (Å²) in [6.45, 7) is 5.33. The van der Waals surface area contributed by atoms with Crippen LogP contribution in [-0.4, -0.2) is 48.9 Å². The van der Waals surface area contributed by atoms with Crippen LogP contribution in [0.4, 0.5) is 5.69 Å². The highest BCUT2D eigenvalue weighted by Crippen LogP contribution is 2.32. The Hall–Kier alpha value is -1.88. The second-order valence-electron chi connectivity index (χ2n) is 6.43. The number of carbonyl (C=O) groups is 2. The molecule has 2 aliphatic heterocycles. The molecule has 1 atom stereocenters. The van der Waals surface area contributed by atoms with Gasteiger partial charge >= 0.3 is 0 Å². The van der Waals surface area contributed by atoms with E-state index in [2.05, 4.69) is 10.2 Å². The van der Waals surface area contributed by atoms with Crippen molar-refractivity contribution >= 4 is 17.5 Å². The van der Waals surface area contributed by atoms with Gasteiger partial charge in [-0.15, -0.1) is 0 Å². The zero-order valence-electron chi connectivity index (χ0n) is 13.8. The highest BCUT2D eigenvalue weighted by Gasteiger charge is 2.36. The monoisotopic (exact) mass is 315 g/mol. The number of likely N-dealkylation sites (tertiary alicyclic amines) is 1. The zero-order chi connectivity index (χ0) is 16.2. The van der Waals surface area contributed by atoms with Crippen LogP contribution >= 0.6 is 0 Å². The number of amides is 2. The van der Waals surface area contributed by atoms with Crippen LogP contribution in [0.3, 0.4) is 0 Å². The first kappa shape index (κ1) is 16.0. The molecule has 5 nitrogen and oxygen atoms in total. The molecule has 5 heteroatoms. The standard InChI is InChI=1S/C18H25N3O2/c1-14(22)21-16-8-4-3-7-15(16)13-17(21)18(23)19-9-12-20-10-5-2-6-11-20/h3-4,7-8,17H,2,5-6,9-13H2,1H3,(H,19,23). The van der Waals surface area contributed by atoms with Crippen molar-refractivity contribution in [1.29, 1.82) is 0 Å². The average Bonchev–Trinajstić information content (AvgIpc) is 2.95. The van der Waals surface area contributed by atoms with E-state index in [1.54, 1.807) is 4.90 Å². The van der Waals surface area contributed by atoms with Crippen LogP contribution in [-0.2, 0) is 16.0 Å². The average molecular weight is 315 g/mol. The number of hydrogen-bond acceptors (Lipinski definition) is 3. The fraction of sp³-hybridized carbons (Fsp3) is 0.556. The number of carbonyl (C=O) groups excluding carboxylic acids is 2. The second kappa shape index (κ2) is 7.13. The van der Waals surface area contributed by atoms with Crippen molar-refractivity contribution in [1.82, 2.24) is 10.2 Å². The van der Waals surface area contributed by atoms with Crippen LogP contribution in [0.15, 0.2) is 24.3 Å². The number of benzene rings is 1. The number of hydrogen-bond donors (Lipinski definition) is 1. The van der Waals surface area contributed by atoms with Gasteiger partial charge in [0.2, 0.25) is 11.8 Å². The van der Waals surface area contributed by atoms with Gasteiger partial charge in [0.1, 0.15) is 6.04 Å². The minimum Gasteiger partial charge on any atom is -0.353 e. The molecule has 1 aromatic carbocycles. The summed E-state index contributed by atoms with van der Waals surface area (Å²) in [5.41, 5.74) is 1.94. The van der Waals surface area contributed by atoms with Crippen LogP contribution < -0.4 is 10.2 Å². The Morgan fingerprint density at radius 1 is 1.17 bits per heavy atom. The molecule has 0 radical (unpaired) electrons. The first-order valence-corrected chi connectivity index (χ1v) is 8.54. The molecule has 0 saturated carbocycles. The fourth-order valence-electron chi connectivity index (χ4n) is 3.62. The van der Waals surface area contributed by atoms with Gasteiger partial charge in [0.05, 0.1) is 0 Å². The van der Waals surface area contributed by atoms with E-state index >= 15 is 0 Å². The van der Waals surface area contributed by atoms with Gasteiger partial charge in [-0.3, -0.25) is 14.5 Å². The maximum absolute atomic E-state index is 12.5. The lowest BCUT2D eigenvalue weighted by Gasteiger charge is -2.27. The molecule has 1 aromatic rings. The highest BCUT2D eigenvalue weighted by atomic mass is 16.2. The van der Waals surface area contributed by atoms with Gasteiger partial charge in [0.25, 0.3) is 0 Å². The third kappa shape index (κ3) is 3.55. The summed E-state index contributed by atoms with van der Waals surface area (Å²) in [7, 11) is 0. The van der Waals surface area contributed by atoms with E-state index in [-0.39, 0.29) is 11.8 Å². The number of nitrogens with zero attached hydrogens (tertiary/aromatic N) is 2. The van der Waals surface area contributed by atoms with Crippen molar-refractivity contribution in [2.45, 2.75) is 38.6 Å². The quantitative estimate of drug-likeness (QED) is 0.917. The Morgan fingerprint density at radius 3 is 2.65 bits per heavy atom. The lowest BCUT2D eigenvalue weighted by atomic mass is 10.1. The molecule has 1 saturated heterocycles. The van der Waals surface area contributed by atoms with Crippen LogP contribution in [0.5, 0.6) is 0 Å². The van der Waals surface area contributed by atoms with Gasteiger partial charge in [-0.2, -0.15) is 0 Å².